The zero-order valence-electron chi connectivity index (χ0n) is 6.55. The maximum Gasteiger partial charge on any atom is 0.0665 e. The summed E-state index contributed by atoms with van der Waals surface area (Å²) in [6, 6.07) is 0. The van der Waals surface area contributed by atoms with Gasteiger partial charge >= 0.3 is 0 Å². The first-order valence-corrected chi connectivity index (χ1v) is 3.53. The molecule has 1 heterocycles. The molecule has 1 unspecified atom stereocenters. The van der Waals surface area contributed by atoms with Crippen LogP contribution in [-0.4, -0.2) is 23.3 Å². The van der Waals surface area contributed by atoms with E-state index < -0.39 is 0 Å². The van der Waals surface area contributed by atoms with Crippen LogP contribution in [-0.2, 0) is 0 Å². The molecule has 1 rings (SSSR count). The molecule has 0 saturated carbocycles. The summed E-state index contributed by atoms with van der Waals surface area (Å²) < 4.78 is 0. The van der Waals surface area contributed by atoms with Crippen LogP contribution in [0.2, 0.25) is 0 Å². The highest BCUT2D eigenvalue weighted by Crippen LogP contribution is 2.17. The van der Waals surface area contributed by atoms with Crippen LogP contribution in [0.5, 0.6) is 0 Å². The first-order valence-electron chi connectivity index (χ1n) is 3.53. The van der Waals surface area contributed by atoms with Crippen molar-refractivity contribution in [3.05, 3.63) is 0 Å². The van der Waals surface area contributed by atoms with Crippen molar-refractivity contribution in [1.82, 2.24) is 5.32 Å². The minimum absolute atomic E-state index is 0. The standard InChI is InChI=1S/C7H15NO.ClH/c1-7(2)4-3-6(9)5-8-7;/h6,8-9H,3-5H2,1-2H3;1H. The van der Waals surface area contributed by atoms with Crippen molar-refractivity contribution in [3.8, 4) is 0 Å². The first kappa shape index (κ1) is 10.2. The third-order valence-electron chi connectivity index (χ3n) is 1.92. The van der Waals surface area contributed by atoms with Crippen molar-refractivity contribution in [3.63, 3.8) is 0 Å². The maximum atomic E-state index is 9.08. The quantitative estimate of drug-likeness (QED) is 0.560. The number of nitrogens with one attached hydrogen (secondary N) is 1. The minimum atomic E-state index is -0.113. The summed E-state index contributed by atoms with van der Waals surface area (Å²) in [7, 11) is 0. The second-order valence-electron chi connectivity index (χ2n) is 3.46. The van der Waals surface area contributed by atoms with Crippen LogP contribution in [0.3, 0.4) is 0 Å². The Hall–Kier alpha value is 0.210. The van der Waals surface area contributed by atoms with E-state index >= 15 is 0 Å². The fraction of sp³-hybridized carbons (Fsp3) is 1.00. The van der Waals surface area contributed by atoms with Crippen LogP contribution in [0.15, 0.2) is 0 Å². The molecule has 2 nitrogen and oxygen atoms in total. The van der Waals surface area contributed by atoms with Crippen LogP contribution >= 0.6 is 12.4 Å². The molecular formula is C7H16ClNO. The summed E-state index contributed by atoms with van der Waals surface area (Å²) in [5.74, 6) is 0. The van der Waals surface area contributed by atoms with Gasteiger partial charge in [0.15, 0.2) is 0 Å². The van der Waals surface area contributed by atoms with Gasteiger partial charge in [0.1, 0.15) is 0 Å². The second kappa shape index (κ2) is 3.56. The van der Waals surface area contributed by atoms with E-state index in [1.54, 1.807) is 0 Å². The van der Waals surface area contributed by atoms with Gasteiger partial charge in [-0.2, -0.15) is 0 Å². The number of hydrogen-bond donors (Lipinski definition) is 2. The van der Waals surface area contributed by atoms with Gasteiger partial charge in [-0.3, -0.25) is 0 Å². The van der Waals surface area contributed by atoms with E-state index in [-0.39, 0.29) is 24.0 Å². The molecule has 2 N–H and O–H groups in total. The molecule has 1 aliphatic rings. The van der Waals surface area contributed by atoms with Gasteiger partial charge in [-0.25, -0.2) is 0 Å². The highest BCUT2D eigenvalue weighted by atomic mass is 35.5. The molecule has 0 radical (unpaired) electrons. The van der Waals surface area contributed by atoms with Gasteiger partial charge in [0, 0.05) is 12.1 Å². The van der Waals surface area contributed by atoms with E-state index in [9.17, 15) is 0 Å². The van der Waals surface area contributed by atoms with E-state index in [4.69, 9.17) is 5.11 Å². The topological polar surface area (TPSA) is 32.3 Å². The van der Waals surface area contributed by atoms with Gasteiger partial charge in [0.2, 0.25) is 0 Å². The minimum Gasteiger partial charge on any atom is -0.392 e. The predicted molar refractivity (Wildman–Crippen MR) is 44.6 cm³/mol. The number of aliphatic hydroxyl groups excluding tert-OH is 1. The molecule has 0 spiro atoms. The summed E-state index contributed by atoms with van der Waals surface area (Å²) in [6.07, 6.45) is 1.91. The Balaban J connectivity index is 0.000000810. The molecule has 1 saturated heterocycles. The van der Waals surface area contributed by atoms with Crippen LogP contribution < -0.4 is 5.32 Å². The number of halogens is 1. The highest BCUT2D eigenvalue weighted by molar-refractivity contribution is 5.85. The Morgan fingerprint density at radius 1 is 1.50 bits per heavy atom. The van der Waals surface area contributed by atoms with Gasteiger partial charge in [-0.05, 0) is 26.7 Å². The zero-order valence-corrected chi connectivity index (χ0v) is 7.37. The smallest absolute Gasteiger partial charge is 0.0665 e. The summed E-state index contributed by atoms with van der Waals surface area (Å²) in [5.41, 5.74) is 0.249. The normalized spacial score (nSPS) is 30.9. The van der Waals surface area contributed by atoms with E-state index in [2.05, 4.69) is 19.2 Å². The second-order valence-corrected chi connectivity index (χ2v) is 3.46. The Morgan fingerprint density at radius 3 is 2.40 bits per heavy atom. The van der Waals surface area contributed by atoms with Crippen molar-refractivity contribution in [2.24, 2.45) is 0 Å². The van der Waals surface area contributed by atoms with Gasteiger partial charge in [-0.15, -0.1) is 12.4 Å². The molecule has 3 heteroatoms. The SMILES string of the molecule is CC1(C)CCC(O)CN1.Cl. The fourth-order valence-electron chi connectivity index (χ4n) is 1.11. The number of piperidine rings is 1. The molecule has 0 aromatic heterocycles. The number of aliphatic hydroxyl groups is 1. The van der Waals surface area contributed by atoms with E-state index in [0.717, 1.165) is 19.4 Å². The van der Waals surface area contributed by atoms with Crippen molar-refractivity contribution in [1.29, 1.82) is 0 Å². The molecular weight excluding hydrogens is 150 g/mol. The molecule has 1 aliphatic heterocycles. The summed E-state index contributed by atoms with van der Waals surface area (Å²) in [5, 5.41) is 12.3. The number of rotatable bonds is 0. The monoisotopic (exact) mass is 165 g/mol. The molecule has 1 atom stereocenters. The summed E-state index contributed by atoms with van der Waals surface area (Å²) >= 11 is 0. The molecule has 10 heavy (non-hydrogen) atoms. The number of hydrogen-bond acceptors (Lipinski definition) is 2. The number of β-amino-alcohol motifs (C(OH)–C–C–N with tert-alkyl or cyclic N) is 1. The molecule has 0 bridgehead atoms. The third kappa shape index (κ3) is 2.86. The van der Waals surface area contributed by atoms with Gasteiger partial charge in [-0.1, -0.05) is 0 Å². The lowest BCUT2D eigenvalue weighted by Crippen LogP contribution is -2.48. The molecule has 0 amide bonds. The van der Waals surface area contributed by atoms with E-state index in [1.807, 2.05) is 0 Å². The van der Waals surface area contributed by atoms with Crippen LogP contribution in [0.25, 0.3) is 0 Å². The summed E-state index contributed by atoms with van der Waals surface area (Å²) in [4.78, 5) is 0. The van der Waals surface area contributed by atoms with Gasteiger partial charge in [0.25, 0.3) is 0 Å². The average molecular weight is 166 g/mol. The lowest BCUT2D eigenvalue weighted by atomic mass is 9.92. The lowest BCUT2D eigenvalue weighted by Gasteiger charge is -2.33. The Kier molecular flexibility index (Phi) is 3.63. The molecule has 1 fully saturated rings. The Morgan fingerprint density at radius 2 is 2.10 bits per heavy atom. The van der Waals surface area contributed by atoms with Gasteiger partial charge < -0.3 is 10.4 Å². The summed E-state index contributed by atoms with van der Waals surface area (Å²) in [6.45, 7) is 5.09. The van der Waals surface area contributed by atoms with Crippen molar-refractivity contribution < 1.29 is 5.11 Å². The third-order valence-corrected chi connectivity index (χ3v) is 1.92. The predicted octanol–water partition coefficient (Wildman–Crippen LogP) is 0.931. The highest BCUT2D eigenvalue weighted by Gasteiger charge is 2.24. The maximum absolute atomic E-state index is 9.08. The fourth-order valence-corrected chi connectivity index (χ4v) is 1.11. The Bertz CT molecular complexity index is 95.8. The molecule has 62 valence electrons. The first-order chi connectivity index (χ1) is 4.10. The van der Waals surface area contributed by atoms with Crippen LogP contribution in [0.1, 0.15) is 26.7 Å². The molecule has 0 aromatic carbocycles. The van der Waals surface area contributed by atoms with Crippen molar-refractivity contribution >= 4 is 12.4 Å². The van der Waals surface area contributed by atoms with Gasteiger partial charge in [0.05, 0.1) is 6.10 Å². The van der Waals surface area contributed by atoms with E-state index in [0.29, 0.717) is 0 Å². The van der Waals surface area contributed by atoms with E-state index in [1.165, 1.54) is 0 Å². The molecule has 0 aromatic rings. The largest absolute Gasteiger partial charge is 0.392 e. The average Bonchev–Trinajstić information content (AvgIpc) is 1.78. The van der Waals surface area contributed by atoms with Crippen molar-refractivity contribution in [2.75, 3.05) is 6.54 Å². The van der Waals surface area contributed by atoms with Crippen molar-refractivity contribution in [2.45, 2.75) is 38.3 Å². The Labute approximate surface area is 68.4 Å². The lowest BCUT2D eigenvalue weighted by molar-refractivity contribution is 0.105. The molecule has 0 aliphatic carbocycles. The van der Waals surface area contributed by atoms with Crippen LogP contribution in [0.4, 0.5) is 0 Å². The zero-order chi connectivity index (χ0) is 6.91. The van der Waals surface area contributed by atoms with Crippen LogP contribution in [0, 0.1) is 0 Å².